The van der Waals surface area contributed by atoms with Gasteiger partial charge in [0.25, 0.3) is 5.91 Å². The largest absolute Gasteiger partial charge is 0.494 e. The van der Waals surface area contributed by atoms with Gasteiger partial charge in [-0.3, -0.25) is 4.79 Å². The zero-order chi connectivity index (χ0) is 16.1. The molecule has 0 saturated carbocycles. The lowest BCUT2D eigenvalue weighted by atomic mass is 10.1. The summed E-state index contributed by atoms with van der Waals surface area (Å²) in [5, 5.41) is 12.6. The minimum absolute atomic E-state index is 0.0142. The first-order valence-electron chi connectivity index (χ1n) is 6.56. The number of methoxy groups -OCH3 is 1. The van der Waals surface area contributed by atoms with Crippen LogP contribution < -0.4 is 10.1 Å². The van der Waals surface area contributed by atoms with Crippen LogP contribution in [0, 0.1) is 5.82 Å². The fraction of sp³-hybridized carbons (Fsp3) is 0.188. The molecule has 6 heteroatoms. The molecule has 0 heterocycles. The predicted octanol–water partition coefficient (Wildman–Crippen LogP) is 2.95. The summed E-state index contributed by atoms with van der Waals surface area (Å²) in [5.41, 5.74) is 0.523. The Morgan fingerprint density at radius 2 is 2.00 bits per heavy atom. The number of aliphatic hydroxyl groups is 1. The van der Waals surface area contributed by atoms with E-state index in [0.29, 0.717) is 10.6 Å². The molecule has 0 saturated heterocycles. The summed E-state index contributed by atoms with van der Waals surface area (Å²) in [6, 6.07) is 10.3. The van der Waals surface area contributed by atoms with Crippen LogP contribution in [-0.2, 0) is 0 Å². The first-order chi connectivity index (χ1) is 10.6. The fourth-order valence-electron chi connectivity index (χ4n) is 2.01. The topological polar surface area (TPSA) is 58.6 Å². The van der Waals surface area contributed by atoms with Crippen LogP contribution in [0.3, 0.4) is 0 Å². The number of aliphatic hydroxyl groups excluding tert-OH is 1. The minimum atomic E-state index is -0.740. The van der Waals surface area contributed by atoms with Crippen LogP contribution in [0.2, 0.25) is 5.02 Å². The molecular formula is C16H15ClFNO3. The normalized spacial score (nSPS) is 11.8. The van der Waals surface area contributed by atoms with E-state index in [9.17, 15) is 14.3 Å². The van der Waals surface area contributed by atoms with Crippen molar-refractivity contribution in [3.63, 3.8) is 0 Å². The number of halogens is 2. The second-order valence-corrected chi connectivity index (χ2v) is 5.02. The molecule has 1 atom stereocenters. The van der Waals surface area contributed by atoms with Gasteiger partial charge < -0.3 is 15.2 Å². The molecule has 0 aliphatic carbocycles. The van der Waals surface area contributed by atoms with Crippen molar-refractivity contribution in [2.75, 3.05) is 13.7 Å². The molecule has 1 amide bonds. The van der Waals surface area contributed by atoms with Crippen LogP contribution in [0.25, 0.3) is 0 Å². The van der Waals surface area contributed by atoms with Gasteiger partial charge in [-0.15, -0.1) is 0 Å². The van der Waals surface area contributed by atoms with Crippen molar-refractivity contribution in [3.05, 3.63) is 64.4 Å². The zero-order valence-corrected chi connectivity index (χ0v) is 12.6. The van der Waals surface area contributed by atoms with Gasteiger partial charge in [0.1, 0.15) is 0 Å². The summed E-state index contributed by atoms with van der Waals surface area (Å²) >= 11 is 5.80. The van der Waals surface area contributed by atoms with E-state index in [-0.39, 0.29) is 17.9 Å². The van der Waals surface area contributed by atoms with Crippen LogP contribution in [-0.4, -0.2) is 24.7 Å². The molecule has 0 aliphatic rings. The van der Waals surface area contributed by atoms with Gasteiger partial charge in [-0.2, -0.15) is 0 Å². The molecule has 0 bridgehead atoms. The summed E-state index contributed by atoms with van der Waals surface area (Å²) < 4.78 is 18.9. The van der Waals surface area contributed by atoms with Gasteiger partial charge in [0, 0.05) is 5.02 Å². The highest BCUT2D eigenvalue weighted by molar-refractivity contribution is 6.30. The molecule has 2 aromatic rings. The van der Waals surface area contributed by atoms with Crippen molar-refractivity contribution in [2.45, 2.75) is 6.04 Å². The van der Waals surface area contributed by atoms with Gasteiger partial charge in [0.15, 0.2) is 11.6 Å². The fourth-order valence-corrected chi connectivity index (χ4v) is 2.14. The number of nitrogens with one attached hydrogen (secondary N) is 1. The van der Waals surface area contributed by atoms with Gasteiger partial charge in [0.2, 0.25) is 0 Å². The van der Waals surface area contributed by atoms with Crippen LogP contribution in [0.15, 0.2) is 42.5 Å². The molecule has 2 N–H and O–H groups in total. The van der Waals surface area contributed by atoms with Crippen molar-refractivity contribution in [1.29, 1.82) is 0 Å². The second kappa shape index (κ2) is 7.24. The maximum Gasteiger partial charge on any atom is 0.254 e. The summed E-state index contributed by atoms with van der Waals surface area (Å²) in [5.74, 6) is -1.39. The lowest BCUT2D eigenvalue weighted by Crippen LogP contribution is -2.31. The smallest absolute Gasteiger partial charge is 0.254 e. The Morgan fingerprint density at radius 1 is 1.32 bits per heavy atom. The van der Waals surface area contributed by atoms with Gasteiger partial charge in [0.05, 0.1) is 25.3 Å². The Morgan fingerprint density at radius 3 is 2.59 bits per heavy atom. The number of benzene rings is 2. The number of ether oxygens (including phenoxy) is 1. The van der Waals surface area contributed by atoms with Crippen molar-refractivity contribution in [1.82, 2.24) is 5.32 Å². The van der Waals surface area contributed by atoms with Gasteiger partial charge in [-0.25, -0.2) is 4.39 Å². The molecule has 22 heavy (non-hydrogen) atoms. The number of hydrogen-bond acceptors (Lipinski definition) is 3. The molecular weight excluding hydrogens is 309 g/mol. The van der Waals surface area contributed by atoms with E-state index in [0.717, 1.165) is 0 Å². The number of rotatable bonds is 5. The Balaban J connectivity index is 2.21. The molecule has 0 radical (unpaired) electrons. The average Bonchev–Trinajstić information content (AvgIpc) is 2.53. The van der Waals surface area contributed by atoms with Crippen molar-refractivity contribution < 1.29 is 19.0 Å². The van der Waals surface area contributed by atoms with Gasteiger partial charge >= 0.3 is 0 Å². The third-order valence-electron chi connectivity index (χ3n) is 3.19. The van der Waals surface area contributed by atoms with Crippen molar-refractivity contribution >= 4 is 17.5 Å². The predicted molar refractivity (Wildman–Crippen MR) is 81.7 cm³/mol. The second-order valence-electron chi connectivity index (χ2n) is 4.58. The lowest BCUT2D eigenvalue weighted by Gasteiger charge is -2.17. The summed E-state index contributed by atoms with van der Waals surface area (Å²) in [7, 11) is 1.32. The molecule has 116 valence electrons. The summed E-state index contributed by atoms with van der Waals surface area (Å²) in [6.07, 6.45) is 0. The summed E-state index contributed by atoms with van der Waals surface area (Å²) in [6.45, 7) is -0.320. The van der Waals surface area contributed by atoms with E-state index in [4.69, 9.17) is 16.3 Å². The minimum Gasteiger partial charge on any atom is -0.494 e. The molecule has 0 aromatic heterocycles. The molecule has 4 nitrogen and oxygen atoms in total. The van der Waals surface area contributed by atoms with Crippen LogP contribution >= 0.6 is 11.6 Å². The molecule has 2 rings (SSSR count). The summed E-state index contributed by atoms with van der Waals surface area (Å²) in [4.78, 5) is 12.2. The highest BCUT2D eigenvalue weighted by atomic mass is 35.5. The first kappa shape index (κ1) is 16.3. The molecule has 2 aromatic carbocycles. The van der Waals surface area contributed by atoms with E-state index in [1.165, 1.54) is 25.3 Å². The lowest BCUT2D eigenvalue weighted by molar-refractivity contribution is 0.0911. The SMILES string of the molecule is COc1cccc(C(=O)NC(CO)c2ccc(Cl)cc2)c1F. The van der Waals surface area contributed by atoms with E-state index in [2.05, 4.69) is 5.32 Å². The third-order valence-corrected chi connectivity index (χ3v) is 3.44. The average molecular weight is 324 g/mol. The molecule has 0 aliphatic heterocycles. The monoisotopic (exact) mass is 323 g/mol. The van der Waals surface area contributed by atoms with Crippen LogP contribution in [0.1, 0.15) is 22.0 Å². The van der Waals surface area contributed by atoms with E-state index in [1.807, 2.05) is 0 Å². The van der Waals surface area contributed by atoms with Crippen molar-refractivity contribution in [3.8, 4) is 5.75 Å². The van der Waals surface area contributed by atoms with Crippen LogP contribution in [0.4, 0.5) is 4.39 Å². The molecule has 1 unspecified atom stereocenters. The standard InChI is InChI=1S/C16H15ClFNO3/c1-22-14-4-2-3-12(15(14)18)16(21)19-13(9-20)10-5-7-11(17)8-6-10/h2-8,13,20H,9H2,1H3,(H,19,21). The maximum atomic E-state index is 14.1. The number of carbonyl (C=O) groups excluding carboxylic acids is 1. The van der Waals surface area contributed by atoms with Crippen LogP contribution in [0.5, 0.6) is 5.75 Å². The Kier molecular flexibility index (Phi) is 5.35. The van der Waals surface area contributed by atoms with E-state index < -0.39 is 17.8 Å². The number of carbonyl (C=O) groups is 1. The number of amides is 1. The molecule has 0 spiro atoms. The highest BCUT2D eigenvalue weighted by Gasteiger charge is 2.19. The Hall–Kier alpha value is -2.11. The Labute approximate surface area is 132 Å². The van der Waals surface area contributed by atoms with Gasteiger partial charge in [-0.05, 0) is 29.8 Å². The third kappa shape index (κ3) is 3.55. The zero-order valence-electron chi connectivity index (χ0n) is 11.8. The maximum absolute atomic E-state index is 14.1. The van der Waals surface area contributed by atoms with Crippen molar-refractivity contribution in [2.24, 2.45) is 0 Å². The quantitative estimate of drug-likeness (QED) is 0.889. The van der Waals surface area contributed by atoms with E-state index >= 15 is 0 Å². The highest BCUT2D eigenvalue weighted by Crippen LogP contribution is 2.21. The first-order valence-corrected chi connectivity index (χ1v) is 6.94. The Bertz CT molecular complexity index is 661. The van der Waals surface area contributed by atoms with E-state index in [1.54, 1.807) is 24.3 Å². The number of hydrogen-bond donors (Lipinski definition) is 2. The molecule has 0 fully saturated rings. The van der Waals surface area contributed by atoms with Gasteiger partial charge in [-0.1, -0.05) is 29.8 Å².